The molecule has 0 fully saturated rings. The summed E-state index contributed by atoms with van der Waals surface area (Å²) < 4.78 is 5.14. The Bertz CT molecular complexity index is 107. The number of ether oxygens (including phenoxy) is 1. The van der Waals surface area contributed by atoms with Crippen molar-refractivity contribution in [2.75, 3.05) is 26.4 Å². The molecule has 0 aliphatic rings. The Kier molecular flexibility index (Phi) is 8.40. The molecule has 0 spiro atoms. The van der Waals surface area contributed by atoms with Crippen molar-refractivity contribution in [2.24, 2.45) is 5.92 Å². The molecular weight excluding hydrogens is 166 g/mol. The standard InChI is InChI=1S/C10H23NO2/c1-4-10(9(2)3)11-5-7-13-8-6-12/h9-12H,4-8H2,1-3H3/t10-/m0/s1. The van der Waals surface area contributed by atoms with Crippen molar-refractivity contribution in [3.05, 3.63) is 0 Å². The highest BCUT2D eigenvalue weighted by molar-refractivity contribution is 4.67. The lowest BCUT2D eigenvalue weighted by molar-refractivity contribution is 0.0916. The maximum Gasteiger partial charge on any atom is 0.0698 e. The van der Waals surface area contributed by atoms with Crippen molar-refractivity contribution in [3.8, 4) is 0 Å². The van der Waals surface area contributed by atoms with Crippen LogP contribution in [0.5, 0.6) is 0 Å². The normalized spacial score (nSPS) is 13.6. The van der Waals surface area contributed by atoms with Crippen molar-refractivity contribution in [3.63, 3.8) is 0 Å². The van der Waals surface area contributed by atoms with Gasteiger partial charge in [0.05, 0.1) is 19.8 Å². The van der Waals surface area contributed by atoms with E-state index in [-0.39, 0.29) is 6.61 Å². The zero-order valence-electron chi connectivity index (χ0n) is 9.05. The summed E-state index contributed by atoms with van der Waals surface area (Å²) in [7, 11) is 0. The molecule has 0 aromatic carbocycles. The quantitative estimate of drug-likeness (QED) is 0.560. The number of hydrogen-bond acceptors (Lipinski definition) is 3. The highest BCUT2D eigenvalue weighted by atomic mass is 16.5. The molecule has 0 saturated heterocycles. The molecule has 0 aliphatic heterocycles. The fourth-order valence-corrected chi connectivity index (χ4v) is 1.33. The van der Waals surface area contributed by atoms with Gasteiger partial charge < -0.3 is 15.2 Å². The maximum absolute atomic E-state index is 8.46. The van der Waals surface area contributed by atoms with Gasteiger partial charge in [0.15, 0.2) is 0 Å². The van der Waals surface area contributed by atoms with Crippen LogP contribution < -0.4 is 5.32 Å². The molecule has 3 heteroatoms. The molecule has 0 amide bonds. The molecule has 0 saturated carbocycles. The first-order valence-corrected chi connectivity index (χ1v) is 5.14. The second-order valence-electron chi connectivity index (χ2n) is 3.55. The van der Waals surface area contributed by atoms with Crippen molar-refractivity contribution in [1.29, 1.82) is 0 Å². The maximum atomic E-state index is 8.46. The molecule has 0 aromatic rings. The van der Waals surface area contributed by atoms with Crippen LogP contribution in [0.1, 0.15) is 27.2 Å². The van der Waals surface area contributed by atoms with Crippen LogP contribution in [0.4, 0.5) is 0 Å². The number of nitrogens with one attached hydrogen (secondary N) is 1. The van der Waals surface area contributed by atoms with Crippen molar-refractivity contribution < 1.29 is 9.84 Å². The van der Waals surface area contributed by atoms with E-state index >= 15 is 0 Å². The smallest absolute Gasteiger partial charge is 0.0698 e. The molecule has 80 valence electrons. The van der Waals surface area contributed by atoms with Gasteiger partial charge in [0.25, 0.3) is 0 Å². The van der Waals surface area contributed by atoms with E-state index in [1.165, 1.54) is 0 Å². The number of rotatable bonds is 8. The van der Waals surface area contributed by atoms with Gasteiger partial charge in [-0.3, -0.25) is 0 Å². The Labute approximate surface area is 81.5 Å². The summed E-state index contributed by atoms with van der Waals surface area (Å²) in [6.07, 6.45) is 1.15. The Balaban J connectivity index is 3.28. The lowest BCUT2D eigenvalue weighted by atomic mass is 10.0. The zero-order chi connectivity index (χ0) is 10.1. The second-order valence-corrected chi connectivity index (χ2v) is 3.55. The molecule has 0 aliphatic carbocycles. The Hall–Kier alpha value is -0.120. The van der Waals surface area contributed by atoms with Crippen LogP contribution in [0.2, 0.25) is 0 Å². The summed E-state index contributed by atoms with van der Waals surface area (Å²) in [5.74, 6) is 0.669. The van der Waals surface area contributed by atoms with Crippen LogP contribution in [0.25, 0.3) is 0 Å². The zero-order valence-corrected chi connectivity index (χ0v) is 9.05. The molecule has 0 radical (unpaired) electrons. The minimum Gasteiger partial charge on any atom is -0.394 e. The highest BCUT2D eigenvalue weighted by Crippen LogP contribution is 2.04. The summed E-state index contributed by atoms with van der Waals surface area (Å²) in [6.45, 7) is 8.74. The van der Waals surface area contributed by atoms with E-state index in [4.69, 9.17) is 9.84 Å². The topological polar surface area (TPSA) is 41.5 Å². The third-order valence-corrected chi connectivity index (χ3v) is 2.13. The van der Waals surface area contributed by atoms with Gasteiger partial charge in [0.2, 0.25) is 0 Å². The average molecular weight is 189 g/mol. The third-order valence-electron chi connectivity index (χ3n) is 2.13. The van der Waals surface area contributed by atoms with Crippen LogP contribution in [0.15, 0.2) is 0 Å². The minimum absolute atomic E-state index is 0.112. The predicted octanol–water partition coefficient (Wildman–Crippen LogP) is 1.02. The molecule has 0 aromatic heterocycles. The van der Waals surface area contributed by atoms with E-state index < -0.39 is 0 Å². The van der Waals surface area contributed by atoms with Crippen LogP contribution in [0.3, 0.4) is 0 Å². The van der Waals surface area contributed by atoms with Crippen molar-refractivity contribution in [1.82, 2.24) is 5.32 Å². The number of aliphatic hydroxyl groups excluding tert-OH is 1. The predicted molar refractivity (Wildman–Crippen MR) is 54.8 cm³/mol. The highest BCUT2D eigenvalue weighted by Gasteiger charge is 2.08. The molecule has 0 rings (SSSR count). The second kappa shape index (κ2) is 8.48. The molecule has 2 N–H and O–H groups in total. The van der Waals surface area contributed by atoms with Gasteiger partial charge in [0, 0.05) is 12.6 Å². The Morgan fingerprint density at radius 3 is 2.46 bits per heavy atom. The van der Waals surface area contributed by atoms with Gasteiger partial charge in [-0.25, -0.2) is 0 Å². The van der Waals surface area contributed by atoms with Gasteiger partial charge in [0.1, 0.15) is 0 Å². The third kappa shape index (κ3) is 6.99. The Morgan fingerprint density at radius 2 is 2.00 bits per heavy atom. The molecule has 0 bridgehead atoms. The number of aliphatic hydroxyl groups is 1. The molecule has 13 heavy (non-hydrogen) atoms. The largest absolute Gasteiger partial charge is 0.394 e. The van der Waals surface area contributed by atoms with Gasteiger partial charge in [-0.05, 0) is 12.3 Å². The van der Waals surface area contributed by atoms with Crippen LogP contribution in [-0.4, -0.2) is 37.5 Å². The van der Waals surface area contributed by atoms with E-state index in [0.717, 1.165) is 13.0 Å². The van der Waals surface area contributed by atoms with Crippen molar-refractivity contribution in [2.45, 2.75) is 33.2 Å². The lowest BCUT2D eigenvalue weighted by Crippen LogP contribution is -2.35. The Morgan fingerprint density at radius 1 is 1.31 bits per heavy atom. The van der Waals surface area contributed by atoms with Gasteiger partial charge >= 0.3 is 0 Å². The number of hydrogen-bond donors (Lipinski definition) is 2. The van der Waals surface area contributed by atoms with E-state index in [1.807, 2.05) is 0 Å². The minimum atomic E-state index is 0.112. The fraction of sp³-hybridized carbons (Fsp3) is 1.00. The lowest BCUT2D eigenvalue weighted by Gasteiger charge is -2.20. The van der Waals surface area contributed by atoms with Crippen LogP contribution in [-0.2, 0) is 4.74 Å². The summed E-state index contributed by atoms with van der Waals surface area (Å²) in [5.41, 5.74) is 0. The van der Waals surface area contributed by atoms with Gasteiger partial charge in [-0.1, -0.05) is 20.8 Å². The van der Waals surface area contributed by atoms with E-state index in [1.54, 1.807) is 0 Å². The van der Waals surface area contributed by atoms with Gasteiger partial charge in [-0.2, -0.15) is 0 Å². The summed E-state index contributed by atoms with van der Waals surface area (Å²) in [5, 5.41) is 11.9. The summed E-state index contributed by atoms with van der Waals surface area (Å²) in [6, 6.07) is 0.581. The van der Waals surface area contributed by atoms with Crippen molar-refractivity contribution >= 4 is 0 Å². The average Bonchev–Trinajstić information content (AvgIpc) is 2.10. The summed E-state index contributed by atoms with van der Waals surface area (Å²) >= 11 is 0. The molecule has 0 heterocycles. The molecule has 0 unspecified atom stereocenters. The SMILES string of the molecule is CC[C@H](NCCOCCO)C(C)C. The fourth-order valence-electron chi connectivity index (χ4n) is 1.33. The first kappa shape index (κ1) is 12.9. The van der Waals surface area contributed by atoms with E-state index in [2.05, 4.69) is 26.1 Å². The summed E-state index contributed by atoms with van der Waals surface area (Å²) in [4.78, 5) is 0. The molecule has 1 atom stereocenters. The molecular formula is C10H23NO2. The van der Waals surface area contributed by atoms with E-state index in [9.17, 15) is 0 Å². The first-order chi connectivity index (χ1) is 6.22. The van der Waals surface area contributed by atoms with E-state index in [0.29, 0.717) is 25.2 Å². The monoisotopic (exact) mass is 189 g/mol. The van der Waals surface area contributed by atoms with Crippen LogP contribution in [0, 0.1) is 5.92 Å². The van der Waals surface area contributed by atoms with Crippen LogP contribution >= 0.6 is 0 Å². The molecule has 3 nitrogen and oxygen atoms in total. The van der Waals surface area contributed by atoms with Gasteiger partial charge in [-0.15, -0.1) is 0 Å². The first-order valence-electron chi connectivity index (χ1n) is 5.14.